The molecule has 22 heavy (non-hydrogen) atoms. The highest BCUT2D eigenvalue weighted by Gasteiger charge is 2.19. The molecule has 0 saturated carbocycles. The standard InChI is InChI=1S/C16H16ClFN2OS/c17-12-6-3-7-13(18)11(12)8-22-16-10-5-2-1-4-9(10)14(19)15(21)20-16/h3,6-7H,1-2,4-5,8,19H2,(H,20,21). The maximum Gasteiger partial charge on any atom is 0.272 e. The van der Waals surface area contributed by atoms with Gasteiger partial charge in [0.05, 0.1) is 5.03 Å². The van der Waals surface area contributed by atoms with Crippen LogP contribution in [0.2, 0.25) is 5.02 Å². The maximum absolute atomic E-state index is 13.8. The highest BCUT2D eigenvalue weighted by atomic mass is 35.5. The van der Waals surface area contributed by atoms with Gasteiger partial charge >= 0.3 is 0 Å². The fourth-order valence-corrected chi connectivity index (χ4v) is 4.23. The van der Waals surface area contributed by atoms with Crippen LogP contribution < -0.4 is 11.3 Å². The van der Waals surface area contributed by atoms with Gasteiger partial charge < -0.3 is 10.7 Å². The van der Waals surface area contributed by atoms with Gasteiger partial charge in [-0.2, -0.15) is 0 Å². The Morgan fingerprint density at radius 3 is 2.73 bits per heavy atom. The van der Waals surface area contributed by atoms with Crippen molar-refractivity contribution in [3.8, 4) is 0 Å². The number of nitrogen functional groups attached to an aromatic ring is 1. The Kier molecular flexibility index (Phi) is 4.45. The topological polar surface area (TPSA) is 58.9 Å². The number of anilines is 1. The fraction of sp³-hybridized carbons (Fsp3) is 0.312. The van der Waals surface area contributed by atoms with Crippen LogP contribution in [0.1, 0.15) is 29.5 Å². The first-order chi connectivity index (χ1) is 10.6. The van der Waals surface area contributed by atoms with Crippen LogP contribution in [-0.4, -0.2) is 4.98 Å². The number of hydrogen-bond donors (Lipinski definition) is 2. The number of hydrogen-bond acceptors (Lipinski definition) is 3. The van der Waals surface area contributed by atoms with Crippen molar-refractivity contribution in [2.24, 2.45) is 0 Å². The fourth-order valence-electron chi connectivity index (χ4n) is 2.77. The van der Waals surface area contributed by atoms with E-state index in [9.17, 15) is 9.18 Å². The van der Waals surface area contributed by atoms with Crippen LogP contribution in [-0.2, 0) is 18.6 Å². The second-order valence-electron chi connectivity index (χ2n) is 5.35. The Labute approximate surface area is 137 Å². The van der Waals surface area contributed by atoms with Crippen LogP contribution in [0.15, 0.2) is 28.0 Å². The van der Waals surface area contributed by atoms with Gasteiger partial charge in [-0.1, -0.05) is 17.7 Å². The van der Waals surface area contributed by atoms with E-state index in [-0.39, 0.29) is 11.4 Å². The average Bonchev–Trinajstić information content (AvgIpc) is 2.51. The smallest absolute Gasteiger partial charge is 0.272 e. The molecule has 0 fully saturated rings. The van der Waals surface area contributed by atoms with E-state index < -0.39 is 0 Å². The predicted octanol–water partition coefficient (Wildman–Crippen LogP) is 3.92. The number of aromatic amines is 1. The van der Waals surface area contributed by atoms with E-state index in [0.29, 0.717) is 22.0 Å². The molecule has 116 valence electrons. The van der Waals surface area contributed by atoms with Crippen LogP contribution in [0.25, 0.3) is 0 Å². The van der Waals surface area contributed by atoms with Crippen molar-refractivity contribution < 1.29 is 4.39 Å². The monoisotopic (exact) mass is 338 g/mol. The lowest BCUT2D eigenvalue weighted by Crippen LogP contribution is -2.20. The van der Waals surface area contributed by atoms with Gasteiger partial charge in [-0.05, 0) is 48.9 Å². The van der Waals surface area contributed by atoms with Crippen molar-refractivity contribution in [3.63, 3.8) is 0 Å². The van der Waals surface area contributed by atoms with Crippen molar-refractivity contribution in [2.45, 2.75) is 36.5 Å². The molecule has 0 saturated heterocycles. The first-order valence-electron chi connectivity index (χ1n) is 7.17. The minimum atomic E-state index is -0.327. The molecule has 0 unspecified atom stereocenters. The van der Waals surface area contributed by atoms with Crippen LogP contribution in [0, 0.1) is 5.82 Å². The Balaban J connectivity index is 1.93. The number of thioether (sulfide) groups is 1. The van der Waals surface area contributed by atoms with Gasteiger partial charge in [0, 0.05) is 16.3 Å². The summed E-state index contributed by atoms with van der Waals surface area (Å²) in [5, 5.41) is 1.19. The number of fused-ring (bicyclic) bond motifs is 1. The molecular weight excluding hydrogens is 323 g/mol. The molecule has 1 aromatic carbocycles. The third kappa shape index (κ3) is 2.88. The average molecular weight is 339 g/mol. The Bertz CT molecular complexity index is 755. The number of aromatic nitrogens is 1. The van der Waals surface area contributed by atoms with E-state index >= 15 is 0 Å². The molecule has 3 rings (SSSR count). The first-order valence-corrected chi connectivity index (χ1v) is 8.53. The molecule has 2 aromatic rings. The summed E-state index contributed by atoms with van der Waals surface area (Å²) < 4.78 is 13.8. The molecule has 1 aliphatic rings. The van der Waals surface area contributed by atoms with E-state index in [1.165, 1.54) is 17.8 Å². The van der Waals surface area contributed by atoms with Gasteiger partial charge in [0.15, 0.2) is 0 Å². The molecule has 0 spiro atoms. The number of rotatable bonds is 3. The molecule has 0 bridgehead atoms. The predicted molar refractivity (Wildman–Crippen MR) is 89.1 cm³/mol. The van der Waals surface area contributed by atoms with Crippen LogP contribution in [0.5, 0.6) is 0 Å². The minimum absolute atomic E-state index is 0.261. The van der Waals surface area contributed by atoms with Crippen LogP contribution >= 0.6 is 23.4 Å². The second kappa shape index (κ2) is 6.34. The van der Waals surface area contributed by atoms with Crippen molar-refractivity contribution in [1.82, 2.24) is 4.98 Å². The molecular formula is C16H16ClFN2OS. The molecule has 0 atom stereocenters. The molecule has 6 heteroatoms. The summed E-state index contributed by atoms with van der Waals surface area (Å²) >= 11 is 7.45. The molecule has 3 N–H and O–H groups in total. The largest absolute Gasteiger partial charge is 0.394 e. The van der Waals surface area contributed by atoms with Crippen molar-refractivity contribution in [3.05, 3.63) is 56.1 Å². The molecule has 0 aliphatic heterocycles. The van der Waals surface area contributed by atoms with E-state index in [1.807, 2.05) is 0 Å². The van der Waals surface area contributed by atoms with E-state index in [4.69, 9.17) is 17.3 Å². The number of nitrogens with two attached hydrogens (primary N) is 1. The summed E-state index contributed by atoms with van der Waals surface area (Å²) in [5.41, 5.74) is 8.46. The molecule has 3 nitrogen and oxygen atoms in total. The SMILES string of the molecule is Nc1c2c(c(SCc3c(F)cccc3Cl)[nH]c1=O)CCCC2. The van der Waals surface area contributed by atoms with Gasteiger partial charge in [-0.3, -0.25) is 4.79 Å². The lowest BCUT2D eigenvalue weighted by atomic mass is 9.92. The molecule has 0 amide bonds. The maximum atomic E-state index is 13.8. The van der Waals surface area contributed by atoms with Crippen molar-refractivity contribution in [1.29, 1.82) is 0 Å². The zero-order chi connectivity index (χ0) is 15.7. The molecule has 1 aliphatic carbocycles. The highest BCUT2D eigenvalue weighted by molar-refractivity contribution is 7.98. The summed E-state index contributed by atoms with van der Waals surface area (Å²) in [6, 6.07) is 4.64. The molecule has 1 aromatic heterocycles. The van der Waals surface area contributed by atoms with E-state index in [1.54, 1.807) is 12.1 Å². The third-order valence-corrected chi connectivity index (χ3v) is 5.39. The third-order valence-electron chi connectivity index (χ3n) is 3.96. The molecule has 0 radical (unpaired) electrons. The van der Waals surface area contributed by atoms with Gasteiger partial charge in [0.1, 0.15) is 11.5 Å². The zero-order valence-corrected chi connectivity index (χ0v) is 13.5. The Morgan fingerprint density at radius 1 is 1.27 bits per heavy atom. The van der Waals surface area contributed by atoms with E-state index in [0.717, 1.165) is 41.8 Å². The van der Waals surface area contributed by atoms with Gasteiger partial charge in [-0.15, -0.1) is 11.8 Å². The minimum Gasteiger partial charge on any atom is -0.394 e. The molecule has 1 heterocycles. The number of nitrogens with one attached hydrogen (secondary N) is 1. The Morgan fingerprint density at radius 2 is 2.00 bits per heavy atom. The zero-order valence-electron chi connectivity index (χ0n) is 11.9. The van der Waals surface area contributed by atoms with Crippen molar-refractivity contribution >= 4 is 29.1 Å². The number of pyridine rings is 1. The summed E-state index contributed by atoms with van der Waals surface area (Å²) in [5.74, 6) is 0.0457. The normalized spacial score (nSPS) is 13.9. The summed E-state index contributed by atoms with van der Waals surface area (Å²) in [6.45, 7) is 0. The quantitative estimate of drug-likeness (QED) is 0.834. The van der Waals surface area contributed by atoms with Gasteiger partial charge in [0.2, 0.25) is 0 Å². The Hall–Kier alpha value is -1.46. The van der Waals surface area contributed by atoms with Gasteiger partial charge in [0.25, 0.3) is 5.56 Å². The summed E-state index contributed by atoms with van der Waals surface area (Å²) in [7, 11) is 0. The lowest BCUT2D eigenvalue weighted by molar-refractivity contribution is 0.617. The second-order valence-corrected chi connectivity index (χ2v) is 6.74. The lowest BCUT2D eigenvalue weighted by Gasteiger charge is -2.20. The van der Waals surface area contributed by atoms with E-state index in [2.05, 4.69) is 4.98 Å². The summed E-state index contributed by atoms with van der Waals surface area (Å²) in [4.78, 5) is 14.8. The number of halogens is 2. The number of H-pyrrole nitrogens is 1. The van der Waals surface area contributed by atoms with Crippen LogP contribution in [0.3, 0.4) is 0 Å². The van der Waals surface area contributed by atoms with Crippen LogP contribution in [0.4, 0.5) is 10.1 Å². The highest BCUT2D eigenvalue weighted by Crippen LogP contribution is 2.34. The first kappa shape index (κ1) is 15.4. The van der Waals surface area contributed by atoms with Gasteiger partial charge in [-0.25, -0.2) is 4.39 Å². The van der Waals surface area contributed by atoms with Crippen molar-refractivity contribution in [2.75, 3.05) is 5.73 Å². The summed E-state index contributed by atoms with van der Waals surface area (Å²) in [6.07, 6.45) is 3.85. The number of benzene rings is 1.